The van der Waals surface area contributed by atoms with Gasteiger partial charge in [0.25, 0.3) is 0 Å². The van der Waals surface area contributed by atoms with Crippen LogP contribution in [0.3, 0.4) is 0 Å². The summed E-state index contributed by atoms with van der Waals surface area (Å²) < 4.78 is 5.81. The fourth-order valence-electron chi connectivity index (χ4n) is 10.9. The number of fused-ring (bicyclic) bond motifs is 1. The van der Waals surface area contributed by atoms with Gasteiger partial charge in [0.05, 0.1) is 12.8 Å². The van der Waals surface area contributed by atoms with Crippen LogP contribution in [0.15, 0.2) is 47.1 Å². The van der Waals surface area contributed by atoms with Gasteiger partial charge in [-0.05, 0) is 117 Å². The number of rotatable bonds is 8. The number of aromatic nitrogens is 1. The first-order valence-corrected chi connectivity index (χ1v) is 16.9. The fraction of sp³-hybridized carbons (Fsp3) is 0.622. The first-order chi connectivity index (χ1) is 20.7. The second-order valence-corrected chi connectivity index (χ2v) is 15.8. The monoisotopic (exact) mass is 581 g/mol. The average molecular weight is 582 g/mol. The molecule has 0 unspecified atom stereocenters. The Morgan fingerprint density at radius 1 is 0.977 bits per heavy atom. The lowest BCUT2D eigenvalue weighted by Crippen LogP contribution is -2.66. The van der Waals surface area contributed by atoms with Crippen molar-refractivity contribution >= 4 is 22.7 Å². The molecule has 2 atom stereocenters. The van der Waals surface area contributed by atoms with Gasteiger partial charge in [-0.15, -0.1) is 0 Å². The summed E-state index contributed by atoms with van der Waals surface area (Å²) in [5.74, 6) is 3.75. The highest BCUT2D eigenvalue weighted by Crippen LogP contribution is 2.67. The second kappa shape index (κ2) is 9.74. The fourth-order valence-corrected chi connectivity index (χ4v) is 10.9. The Labute approximate surface area is 255 Å². The van der Waals surface area contributed by atoms with Crippen LogP contribution in [0.25, 0.3) is 10.9 Å². The first kappa shape index (κ1) is 27.5. The summed E-state index contributed by atoms with van der Waals surface area (Å²) in [4.78, 5) is 34.8. The van der Waals surface area contributed by atoms with E-state index in [2.05, 4.69) is 55.3 Å². The predicted molar refractivity (Wildman–Crippen MR) is 167 cm³/mol. The highest BCUT2D eigenvalue weighted by Gasteiger charge is 2.61. The second-order valence-electron chi connectivity index (χ2n) is 15.8. The number of aromatic amines is 1. The number of hydrogen-bond acceptors (Lipinski definition) is 3. The minimum atomic E-state index is -0.807. The zero-order valence-corrected chi connectivity index (χ0v) is 26.1. The molecule has 0 saturated heterocycles. The zero-order valence-electron chi connectivity index (χ0n) is 26.1. The lowest BCUT2D eigenvalue weighted by molar-refractivity contribution is -0.152. The maximum Gasteiger partial charge on any atom is 0.246 e. The topological polar surface area (TPSA) is 78.3 Å². The van der Waals surface area contributed by atoms with E-state index in [4.69, 9.17) is 4.42 Å². The summed E-state index contributed by atoms with van der Waals surface area (Å²) in [5.41, 5.74) is 2.84. The summed E-state index contributed by atoms with van der Waals surface area (Å²) in [7, 11) is 0. The number of H-pyrrole nitrogens is 1. The van der Waals surface area contributed by atoms with Gasteiger partial charge in [-0.1, -0.05) is 44.9 Å². The number of nitrogens with one attached hydrogen (secondary N) is 2. The molecule has 6 saturated carbocycles. The number of nitrogens with zero attached hydrogens (tertiary/aromatic N) is 1. The van der Waals surface area contributed by atoms with Crippen molar-refractivity contribution in [2.75, 3.05) is 0 Å². The van der Waals surface area contributed by atoms with E-state index in [0.29, 0.717) is 18.9 Å². The molecule has 6 nitrogen and oxygen atoms in total. The lowest BCUT2D eigenvalue weighted by atomic mass is 9.53. The summed E-state index contributed by atoms with van der Waals surface area (Å²) in [6, 6.07) is 12.3. The molecule has 0 spiro atoms. The maximum absolute atomic E-state index is 14.7. The average Bonchev–Trinajstić information content (AvgIpc) is 3.53. The van der Waals surface area contributed by atoms with Crippen molar-refractivity contribution in [1.29, 1.82) is 0 Å². The summed E-state index contributed by atoms with van der Waals surface area (Å²) in [6.07, 6.45) is 12.9. The maximum atomic E-state index is 14.7. The minimum absolute atomic E-state index is 0.00598. The van der Waals surface area contributed by atoms with Gasteiger partial charge >= 0.3 is 0 Å². The Morgan fingerprint density at radius 3 is 2.30 bits per heavy atom. The molecule has 2 aromatic heterocycles. The number of hydrogen-bond donors (Lipinski definition) is 2. The number of benzene rings is 1. The van der Waals surface area contributed by atoms with Crippen LogP contribution in [0.4, 0.5) is 0 Å². The molecule has 6 aliphatic carbocycles. The number of carbonyl (C=O) groups is 2. The van der Waals surface area contributed by atoms with Crippen LogP contribution in [0.5, 0.6) is 0 Å². The van der Waals surface area contributed by atoms with E-state index in [1.807, 2.05) is 17.0 Å². The molecule has 9 rings (SSSR count). The number of para-hydroxylation sites is 1. The van der Waals surface area contributed by atoms with Crippen LogP contribution in [0.2, 0.25) is 0 Å². The molecule has 43 heavy (non-hydrogen) atoms. The third kappa shape index (κ3) is 4.41. The van der Waals surface area contributed by atoms with Crippen LogP contribution in [-0.2, 0) is 16.1 Å². The largest absolute Gasteiger partial charge is 0.467 e. The van der Waals surface area contributed by atoms with E-state index in [0.717, 1.165) is 74.0 Å². The van der Waals surface area contributed by atoms with Gasteiger partial charge < -0.3 is 19.6 Å². The first-order valence-electron chi connectivity index (χ1n) is 16.9. The Kier molecular flexibility index (Phi) is 6.23. The van der Waals surface area contributed by atoms with Gasteiger partial charge in [-0.25, -0.2) is 0 Å². The summed E-state index contributed by atoms with van der Waals surface area (Å²) >= 11 is 0. The summed E-state index contributed by atoms with van der Waals surface area (Å²) in [6.45, 7) is 7.12. The van der Waals surface area contributed by atoms with E-state index < -0.39 is 5.54 Å². The van der Waals surface area contributed by atoms with E-state index in [9.17, 15) is 9.59 Å². The molecule has 228 valence electrons. The van der Waals surface area contributed by atoms with E-state index in [1.54, 1.807) is 6.26 Å². The number of amides is 2. The SMILES string of the molecule is Cc1[nH]c2ccccc2c1[C@H]1[C@@H](CC(=O)N(Cc2ccco2)C2(C(=O)NC34CC5CC(CC(C5)C3)C4)CCCC2)C1(C)C. The molecule has 6 aliphatic rings. The highest BCUT2D eigenvalue weighted by atomic mass is 16.3. The number of furan rings is 1. The molecule has 2 N–H and O–H groups in total. The van der Waals surface area contributed by atoms with Crippen LogP contribution in [0, 0.1) is 36.0 Å². The van der Waals surface area contributed by atoms with Gasteiger partial charge in [0.1, 0.15) is 11.3 Å². The number of aryl methyl sites for hydroxylation is 1. The molecule has 6 fully saturated rings. The predicted octanol–water partition coefficient (Wildman–Crippen LogP) is 7.63. The standard InChI is InChI=1S/C37H47N3O3/c1-23-32(28-10-4-5-11-30(28)38-23)33-29(35(33,2)3)18-31(41)40(22-27-9-8-14-43-27)37(12-6-7-13-37)34(42)39-36-19-24-15-25(20-36)17-26(16-24)21-36/h4-5,8-11,14,24-26,29,33,38H,6-7,12-13,15-22H2,1-3H3,(H,39,42)/t24?,25?,26?,29-,33-,36?/m1/s1. The quantitative estimate of drug-likeness (QED) is 0.287. The molecule has 0 radical (unpaired) electrons. The molecule has 2 amide bonds. The molecular formula is C37H47N3O3. The van der Waals surface area contributed by atoms with E-state index in [-0.39, 0.29) is 28.7 Å². The van der Waals surface area contributed by atoms with Gasteiger partial charge in [0.2, 0.25) is 11.8 Å². The number of carbonyl (C=O) groups excluding carboxylic acids is 2. The van der Waals surface area contributed by atoms with Crippen LogP contribution in [0.1, 0.15) is 107 Å². The van der Waals surface area contributed by atoms with E-state index >= 15 is 0 Å². The molecule has 1 aromatic carbocycles. The molecule has 6 heteroatoms. The third-order valence-electron chi connectivity index (χ3n) is 12.7. The van der Waals surface area contributed by atoms with Crippen LogP contribution < -0.4 is 5.32 Å². The Bertz CT molecular complexity index is 1510. The highest BCUT2D eigenvalue weighted by molar-refractivity contribution is 5.93. The third-order valence-corrected chi connectivity index (χ3v) is 12.7. The molecular weight excluding hydrogens is 534 g/mol. The van der Waals surface area contributed by atoms with E-state index in [1.165, 1.54) is 35.9 Å². The van der Waals surface area contributed by atoms with Crippen molar-refractivity contribution in [1.82, 2.24) is 15.2 Å². The van der Waals surface area contributed by atoms with Crippen molar-refractivity contribution in [3.8, 4) is 0 Å². The molecule has 0 aliphatic heterocycles. The Hall–Kier alpha value is -3.02. The van der Waals surface area contributed by atoms with Crippen LogP contribution in [-0.4, -0.2) is 32.8 Å². The van der Waals surface area contributed by atoms with Crippen molar-refractivity contribution < 1.29 is 14.0 Å². The van der Waals surface area contributed by atoms with Crippen LogP contribution >= 0.6 is 0 Å². The van der Waals surface area contributed by atoms with Crippen molar-refractivity contribution in [3.63, 3.8) is 0 Å². The molecule has 4 bridgehead atoms. The Balaban J connectivity index is 1.09. The van der Waals surface area contributed by atoms with Crippen molar-refractivity contribution in [2.45, 2.75) is 115 Å². The lowest BCUT2D eigenvalue weighted by Gasteiger charge is -2.57. The molecule has 3 aromatic rings. The Morgan fingerprint density at radius 2 is 1.65 bits per heavy atom. The minimum Gasteiger partial charge on any atom is -0.467 e. The van der Waals surface area contributed by atoms with Crippen molar-refractivity contribution in [2.24, 2.45) is 29.1 Å². The van der Waals surface area contributed by atoms with Crippen molar-refractivity contribution in [3.05, 3.63) is 59.7 Å². The zero-order chi connectivity index (χ0) is 29.6. The van der Waals surface area contributed by atoms with Gasteiger partial charge in [0.15, 0.2) is 0 Å². The smallest absolute Gasteiger partial charge is 0.246 e. The van der Waals surface area contributed by atoms with Gasteiger partial charge in [-0.3, -0.25) is 9.59 Å². The normalized spacial score (nSPS) is 33.1. The van der Waals surface area contributed by atoms with Gasteiger partial charge in [-0.2, -0.15) is 0 Å². The summed E-state index contributed by atoms with van der Waals surface area (Å²) in [5, 5.41) is 4.97. The molecule has 2 heterocycles. The van der Waals surface area contributed by atoms with Gasteiger partial charge in [0, 0.05) is 28.6 Å².